The third kappa shape index (κ3) is 4.49. The number of nitrogens with one attached hydrogen (secondary N) is 1. The van der Waals surface area contributed by atoms with E-state index in [2.05, 4.69) is 47.6 Å². The van der Waals surface area contributed by atoms with E-state index in [1.807, 2.05) is 0 Å². The van der Waals surface area contributed by atoms with Gasteiger partial charge in [0.05, 0.1) is 0 Å². The highest BCUT2D eigenvalue weighted by Gasteiger charge is 2.16. The topological polar surface area (TPSA) is 15.3 Å². The van der Waals surface area contributed by atoms with Gasteiger partial charge in [-0.3, -0.25) is 0 Å². The van der Waals surface area contributed by atoms with Gasteiger partial charge < -0.3 is 10.2 Å². The molecule has 1 unspecified atom stereocenters. The summed E-state index contributed by atoms with van der Waals surface area (Å²) in [4.78, 5) is 2.45. The molecular formula is C15H24N2. The van der Waals surface area contributed by atoms with Crippen molar-refractivity contribution >= 4 is 0 Å². The van der Waals surface area contributed by atoms with Crippen molar-refractivity contribution in [1.29, 1.82) is 0 Å². The molecule has 1 heterocycles. The summed E-state index contributed by atoms with van der Waals surface area (Å²) in [5, 5.41) is 3.60. The maximum absolute atomic E-state index is 3.60. The summed E-state index contributed by atoms with van der Waals surface area (Å²) in [6, 6.07) is 10.7. The van der Waals surface area contributed by atoms with E-state index in [-0.39, 0.29) is 0 Å². The van der Waals surface area contributed by atoms with Gasteiger partial charge in [-0.2, -0.15) is 0 Å². The lowest BCUT2D eigenvalue weighted by atomic mass is 9.98. The summed E-state index contributed by atoms with van der Waals surface area (Å²) in [5.41, 5.74) is 1.43. The van der Waals surface area contributed by atoms with E-state index in [0.29, 0.717) is 0 Å². The average molecular weight is 232 g/mol. The zero-order chi connectivity index (χ0) is 11.9. The van der Waals surface area contributed by atoms with E-state index in [1.165, 1.54) is 38.0 Å². The van der Waals surface area contributed by atoms with Crippen molar-refractivity contribution < 1.29 is 0 Å². The first-order chi connectivity index (χ1) is 8.34. The molecule has 1 aliphatic rings. The van der Waals surface area contributed by atoms with Crippen LogP contribution in [0.2, 0.25) is 0 Å². The second-order valence-electron chi connectivity index (χ2n) is 5.21. The van der Waals surface area contributed by atoms with Crippen LogP contribution in [0.15, 0.2) is 30.3 Å². The fraction of sp³-hybridized carbons (Fsp3) is 0.600. The summed E-state index contributed by atoms with van der Waals surface area (Å²) >= 11 is 0. The number of nitrogens with zero attached hydrogens (tertiary/aromatic N) is 1. The van der Waals surface area contributed by atoms with Crippen LogP contribution in [0.4, 0.5) is 0 Å². The van der Waals surface area contributed by atoms with Crippen molar-refractivity contribution in [2.75, 3.05) is 33.2 Å². The summed E-state index contributed by atoms with van der Waals surface area (Å²) in [7, 11) is 2.23. The molecule has 0 saturated carbocycles. The molecule has 17 heavy (non-hydrogen) atoms. The van der Waals surface area contributed by atoms with Gasteiger partial charge in [0.15, 0.2) is 0 Å². The lowest BCUT2D eigenvalue weighted by Gasteiger charge is -2.29. The molecule has 0 spiro atoms. The highest BCUT2D eigenvalue weighted by molar-refractivity contribution is 5.14. The normalized spacial score (nSPS) is 21.6. The van der Waals surface area contributed by atoms with Crippen LogP contribution in [0.1, 0.15) is 18.4 Å². The van der Waals surface area contributed by atoms with E-state index < -0.39 is 0 Å². The largest absolute Gasteiger partial charge is 0.316 e. The SMILES string of the molecule is CN1CCCC(CNCCc2ccccc2)C1. The van der Waals surface area contributed by atoms with Crippen molar-refractivity contribution in [2.45, 2.75) is 19.3 Å². The molecule has 1 aliphatic heterocycles. The Morgan fingerprint density at radius 3 is 2.88 bits per heavy atom. The number of likely N-dealkylation sites (tertiary alicyclic amines) is 1. The predicted octanol–water partition coefficient (Wildman–Crippen LogP) is 2.16. The van der Waals surface area contributed by atoms with Gasteiger partial charge in [-0.15, -0.1) is 0 Å². The maximum atomic E-state index is 3.60. The molecule has 1 aromatic carbocycles. The van der Waals surface area contributed by atoms with Crippen LogP contribution in [0.25, 0.3) is 0 Å². The van der Waals surface area contributed by atoms with Crippen LogP contribution in [0, 0.1) is 5.92 Å². The van der Waals surface area contributed by atoms with Crippen LogP contribution in [0.5, 0.6) is 0 Å². The van der Waals surface area contributed by atoms with E-state index >= 15 is 0 Å². The molecule has 2 heteroatoms. The van der Waals surface area contributed by atoms with Crippen molar-refractivity contribution in [3.8, 4) is 0 Å². The van der Waals surface area contributed by atoms with Gasteiger partial charge in [-0.05, 0) is 57.4 Å². The second kappa shape index (κ2) is 6.77. The quantitative estimate of drug-likeness (QED) is 0.783. The Labute approximate surface area is 105 Å². The lowest BCUT2D eigenvalue weighted by molar-refractivity contribution is 0.206. The van der Waals surface area contributed by atoms with Crippen molar-refractivity contribution in [2.24, 2.45) is 5.92 Å². The molecule has 0 amide bonds. The number of hydrogen-bond acceptors (Lipinski definition) is 2. The van der Waals surface area contributed by atoms with Gasteiger partial charge in [-0.1, -0.05) is 30.3 Å². The van der Waals surface area contributed by atoms with Crippen LogP contribution in [-0.2, 0) is 6.42 Å². The molecule has 0 aliphatic carbocycles. The molecule has 0 bridgehead atoms. The molecular weight excluding hydrogens is 208 g/mol. The number of rotatable bonds is 5. The van der Waals surface area contributed by atoms with Gasteiger partial charge in [0.1, 0.15) is 0 Å². The molecule has 0 radical (unpaired) electrons. The Morgan fingerprint density at radius 1 is 1.29 bits per heavy atom. The Morgan fingerprint density at radius 2 is 2.12 bits per heavy atom. The minimum Gasteiger partial charge on any atom is -0.316 e. The molecule has 94 valence electrons. The Bertz CT molecular complexity index is 310. The summed E-state index contributed by atoms with van der Waals surface area (Å²) in [6.45, 7) is 4.82. The minimum atomic E-state index is 0.851. The maximum Gasteiger partial charge on any atom is 0.00187 e. The molecule has 1 saturated heterocycles. The molecule has 1 fully saturated rings. The second-order valence-corrected chi connectivity index (χ2v) is 5.21. The Hall–Kier alpha value is -0.860. The number of hydrogen-bond donors (Lipinski definition) is 1. The average Bonchev–Trinajstić information content (AvgIpc) is 2.36. The molecule has 2 rings (SSSR count). The van der Waals surface area contributed by atoms with Gasteiger partial charge in [0, 0.05) is 6.54 Å². The summed E-state index contributed by atoms with van der Waals surface area (Å²) in [5.74, 6) is 0.851. The van der Waals surface area contributed by atoms with Crippen LogP contribution in [-0.4, -0.2) is 38.1 Å². The van der Waals surface area contributed by atoms with E-state index in [0.717, 1.165) is 18.9 Å². The van der Waals surface area contributed by atoms with E-state index in [4.69, 9.17) is 0 Å². The first-order valence-corrected chi connectivity index (χ1v) is 6.78. The molecule has 0 aromatic heterocycles. The summed E-state index contributed by atoms with van der Waals surface area (Å²) < 4.78 is 0. The fourth-order valence-corrected chi connectivity index (χ4v) is 2.62. The van der Waals surface area contributed by atoms with Crippen molar-refractivity contribution in [1.82, 2.24) is 10.2 Å². The summed E-state index contributed by atoms with van der Waals surface area (Å²) in [6.07, 6.45) is 3.90. The Balaban J connectivity index is 1.60. The molecule has 1 N–H and O–H groups in total. The van der Waals surface area contributed by atoms with E-state index in [9.17, 15) is 0 Å². The molecule has 1 aromatic rings. The first kappa shape index (κ1) is 12.6. The van der Waals surface area contributed by atoms with Gasteiger partial charge in [0.2, 0.25) is 0 Å². The monoisotopic (exact) mass is 232 g/mol. The van der Waals surface area contributed by atoms with Crippen LogP contribution < -0.4 is 5.32 Å². The number of benzene rings is 1. The Kier molecular flexibility index (Phi) is 5.02. The lowest BCUT2D eigenvalue weighted by Crippen LogP contribution is -2.37. The number of piperidine rings is 1. The van der Waals surface area contributed by atoms with Gasteiger partial charge in [-0.25, -0.2) is 0 Å². The van der Waals surface area contributed by atoms with Crippen molar-refractivity contribution in [3.63, 3.8) is 0 Å². The first-order valence-electron chi connectivity index (χ1n) is 6.78. The molecule has 2 nitrogen and oxygen atoms in total. The highest BCUT2D eigenvalue weighted by Crippen LogP contribution is 2.13. The third-order valence-corrected chi connectivity index (χ3v) is 3.59. The van der Waals surface area contributed by atoms with Crippen LogP contribution in [0.3, 0.4) is 0 Å². The predicted molar refractivity (Wildman–Crippen MR) is 73.2 cm³/mol. The minimum absolute atomic E-state index is 0.851. The third-order valence-electron chi connectivity index (χ3n) is 3.59. The standard InChI is InChI=1S/C15H24N2/c1-17-11-5-8-15(13-17)12-16-10-9-14-6-3-2-4-7-14/h2-4,6-7,15-16H,5,8-13H2,1H3. The smallest absolute Gasteiger partial charge is 0.00187 e. The zero-order valence-electron chi connectivity index (χ0n) is 10.9. The van der Waals surface area contributed by atoms with Gasteiger partial charge in [0.25, 0.3) is 0 Å². The fourth-order valence-electron chi connectivity index (χ4n) is 2.62. The van der Waals surface area contributed by atoms with Gasteiger partial charge >= 0.3 is 0 Å². The van der Waals surface area contributed by atoms with E-state index in [1.54, 1.807) is 0 Å². The van der Waals surface area contributed by atoms with Crippen molar-refractivity contribution in [3.05, 3.63) is 35.9 Å². The van der Waals surface area contributed by atoms with Crippen LogP contribution >= 0.6 is 0 Å². The highest BCUT2D eigenvalue weighted by atomic mass is 15.1. The molecule has 1 atom stereocenters. The zero-order valence-corrected chi connectivity index (χ0v) is 10.9.